The summed E-state index contributed by atoms with van der Waals surface area (Å²) in [4.78, 5) is 13.5. The fourth-order valence-corrected chi connectivity index (χ4v) is 2.70. The van der Waals surface area contributed by atoms with Gasteiger partial charge in [0.05, 0.1) is 5.56 Å². The van der Waals surface area contributed by atoms with Crippen molar-refractivity contribution in [3.8, 4) is 0 Å². The van der Waals surface area contributed by atoms with Gasteiger partial charge in [-0.2, -0.15) is 0 Å². The minimum absolute atomic E-state index is 0.339. The lowest BCUT2D eigenvalue weighted by atomic mass is 10.1. The summed E-state index contributed by atoms with van der Waals surface area (Å²) in [6.07, 6.45) is 2.08. The van der Waals surface area contributed by atoms with E-state index in [9.17, 15) is 4.79 Å². The van der Waals surface area contributed by atoms with Gasteiger partial charge in [0, 0.05) is 26.8 Å². The Bertz CT molecular complexity index is 628. The average Bonchev–Trinajstić information content (AvgIpc) is 2.60. The number of carboxylic acid groups (broad SMARTS) is 1. The number of methoxy groups -OCH3 is 1. The smallest absolute Gasteiger partial charge is 0.335 e. The van der Waals surface area contributed by atoms with Crippen LogP contribution < -0.4 is 0 Å². The molecule has 4 heteroatoms. The number of benzene rings is 2. The van der Waals surface area contributed by atoms with Crippen LogP contribution in [-0.4, -0.2) is 36.2 Å². The van der Waals surface area contributed by atoms with Crippen LogP contribution in [0.3, 0.4) is 0 Å². The number of carboxylic acids is 1. The highest BCUT2D eigenvalue weighted by atomic mass is 16.5. The van der Waals surface area contributed by atoms with E-state index in [4.69, 9.17) is 9.84 Å². The van der Waals surface area contributed by atoms with E-state index in [1.807, 2.05) is 30.3 Å². The summed E-state index contributed by atoms with van der Waals surface area (Å²) < 4.78 is 5.12. The number of rotatable bonds is 10. The second-order valence-corrected chi connectivity index (χ2v) is 5.90. The van der Waals surface area contributed by atoms with E-state index < -0.39 is 5.97 Å². The molecule has 2 aromatic carbocycles. The van der Waals surface area contributed by atoms with Crippen LogP contribution >= 0.6 is 0 Å². The first kappa shape index (κ1) is 18.2. The molecule has 0 fully saturated rings. The van der Waals surface area contributed by atoms with Crippen LogP contribution in [-0.2, 0) is 17.8 Å². The molecule has 0 aliphatic rings. The Morgan fingerprint density at radius 2 is 1.71 bits per heavy atom. The summed E-state index contributed by atoms with van der Waals surface area (Å²) >= 11 is 0. The summed E-state index contributed by atoms with van der Waals surface area (Å²) in [5.41, 5.74) is 2.63. The number of unbranched alkanes of at least 4 members (excludes halogenated alkanes) is 1. The van der Waals surface area contributed by atoms with Crippen molar-refractivity contribution in [3.05, 3.63) is 71.3 Å². The molecule has 4 nitrogen and oxygen atoms in total. The zero-order valence-corrected chi connectivity index (χ0v) is 14.1. The van der Waals surface area contributed by atoms with Gasteiger partial charge in [0.1, 0.15) is 0 Å². The molecule has 0 aliphatic heterocycles. The Labute approximate surface area is 143 Å². The Morgan fingerprint density at radius 1 is 1.00 bits per heavy atom. The zero-order chi connectivity index (χ0) is 17.2. The van der Waals surface area contributed by atoms with Crippen LogP contribution in [0, 0.1) is 0 Å². The van der Waals surface area contributed by atoms with Crippen molar-refractivity contribution in [1.29, 1.82) is 0 Å². The topological polar surface area (TPSA) is 49.8 Å². The number of hydrogen-bond acceptors (Lipinski definition) is 3. The van der Waals surface area contributed by atoms with Gasteiger partial charge in [-0.15, -0.1) is 0 Å². The van der Waals surface area contributed by atoms with E-state index in [1.165, 1.54) is 5.56 Å². The first-order valence-corrected chi connectivity index (χ1v) is 8.26. The van der Waals surface area contributed by atoms with Crippen molar-refractivity contribution in [2.75, 3.05) is 20.3 Å². The molecule has 24 heavy (non-hydrogen) atoms. The third-order valence-electron chi connectivity index (χ3n) is 3.90. The molecule has 1 N–H and O–H groups in total. The third kappa shape index (κ3) is 6.14. The molecule has 0 unspecified atom stereocenters. The van der Waals surface area contributed by atoms with Gasteiger partial charge in [0.25, 0.3) is 0 Å². The first-order valence-electron chi connectivity index (χ1n) is 8.26. The molecule has 0 amide bonds. The minimum Gasteiger partial charge on any atom is -0.478 e. The second-order valence-electron chi connectivity index (χ2n) is 5.90. The Kier molecular flexibility index (Phi) is 7.46. The molecule has 0 bridgehead atoms. The molecule has 2 rings (SSSR count). The van der Waals surface area contributed by atoms with E-state index in [1.54, 1.807) is 19.2 Å². The van der Waals surface area contributed by atoms with E-state index in [2.05, 4.69) is 17.0 Å². The molecule has 0 heterocycles. The highest BCUT2D eigenvalue weighted by Crippen LogP contribution is 2.13. The van der Waals surface area contributed by atoms with Crippen LogP contribution in [0.15, 0.2) is 54.6 Å². The fourth-order valence-electron chi connectivity index (χ4n) is 2.70. The second kappa shape index (κ2) is 9.85. The lowest BCUT2D eigenvalue weighted by molar-refractivity contribution is 0.0696. The number of carbonyl (C=O) groups is 1. The van der Waals surface area contributed by atoms with Crippen molar-refractivity contribution < 1.29 is 14.6 Å². The fraction of sp³-hybridized carbons (Fsp3) is 0.350. The Morgan fingerprint density at radius 3 is 2.42 bits per heavy atom. The maximum absolute atomic E-state index is 11.1. The summed E-state index contributed by atoms with van der Waals surface area (Å²) in [6, 6.07) is 17.5. The molecule has 2 aromatic rings. The lowest BCUT2D eigenvalue weighted by Gasteiger charge is -2.23. The molecular weight excluding hydrogens is 302 g/mol. The molecule has 0 spiro atoms. The molecule has 0 aromatic heterocycles. The highest BCUT2D eigenvalue weighted by molar-refractivity contribution is 5.87. The summed E-state index contributed by atoms with van der Waals surface area (Å²) in [7, 11) is 1.72. The zero-order valence-electron chi connectivity index (χ0n) is 14.1. The van der Waals surface area contributed by atoms with Gasteiger partial charge < -0.3 is 9.84 Å². The van der Waals surface area contributed by atoms with Crippen molar-refractivity contribution in [1.82, 2.24) is 4.90 Å². The number of nitrogens with zero attached hydrogens (tertiary/aromatic N) is 1. The summed E-state index contributed by atoms with van der Waals surface area (Å²) in [5.74, 6) is -0.883. The molecule has 128 valence electrons. The van der Waals surface area contributed by atoms with Crippen molar-refractivity contribution >= 4 is 5.97 Å². The van der Waals surface area contributed by atoms with Crippen LogP contribution in [0.2, 0.25) is 0 Å². The summed E-state index contributed by atoms with van der Waals surface area (Å²) in [6.45, 7) is 3.32. The molecular formula is C20H25NO3. The van der Waals surface area contributed by atoms with Gasteiger partial charge in [0.15, 0.2) is 0 Å². The quantitative estimate of drug-likeness (QED) is 0.674. The van der Waals surface area contributed by atoms with Crippen molar-refractivity contribution in [2.45, 2.75) is 25.9 Å². The average molecular weight is 327 g/mol. The SMILES string of the molecule is COCCCCN(Cc1ccccc1)Cc1cccc(C(=O)O)c1. The number of aromatic carboxylic acids is 1. The standard InChI is InChI=1S/C20H25NO3/c1-24-13-6-5-12-21(15-17-8-3-2-4-9-17)16-18-10-7-11-19(14-18)20(22)23/h2-4,7-11,14H,5-6,12-13,15-16H2,1H3,(H,22,23). The van der Waals surface area contributed by atoms with Crippen LogP contribution in [0.25, 0.3) is 0 Å². The molecule has 0 saturated heterocycles. The van der Waals surface area contributed by atoms with E-state index in [-0.39, 0.29) is 0 Å². The van der Waals surface area contributed by atoms with Gasteiger partial charge in [-0.05, 0) is 42.6 Å². The summed E-state index contributed by atoms with van der Waals surface area (Å²) in [5, 5.41) is 9.15. The van der Waals surface area contributed by atoms with Crippen molar-refractivity contribution in [3.63, 3.8) is 0 Å². The lowest BCUT2D eigenvalue weighted by Crippen LogP contribution is -2.24. The maximum Gasteiger partial charge on any atom is 0.335 e. The predicted molar refractivity (Wildman–Crippen MR) is 95.1 cm³/mol. The Hall–Kier alpha value is -2.17. The van der Waals surface area contributed by atoms with Gasteiger partial charge in [0.2, 0.25) is 0 Å². The maximum atomic E-state index is 11.1. The minimum atomic E-state index is -0.883. The molecule has 0 atom stereocenters. The van der Waals surface area contributed by atoms with E-state index in [0.717, 1.165) is 44.6 Å². The Balaban J connectivity index is 2.03. The van der Waals surface area contributed by atoms with Crippen LogP contribution in [0.1, 0.15) is 34.3 Å². The van der Waals surface area contributed by atoms with Crippen LogP contribution in [0.4, 0.5) is 0 Å². The first-order chi connectivity index (χ1) is 11.7. The van der Waals surface area contributed by atoms with E-state index in [0.29, 0.717) is 5.56 Å². The predicted octanol–water partition coefficient (Wildman–Crippen LogP) is 3.81. The molecule has 0 saturated carbocycles. The molecule has 0 aliphatic carbocycles. The van der Waals surface area contributed by atoms with Gasteiger partial charge in [-0.1, -0.05) is 42.5 Å². The highest BCUT2D eigenvalue weighted by Gasteiger charge is 2.09. The largest absolute Gasteiger partial charge is 0.478 e. The van der Waals surface area contributed by atoms with Crippen LogP contribution in [0.5, 0.6) is 0 Å². The van der Waals surface area contributed by atoms with Crippen molar-refractivity contribution in [2.24, 2.45) is 0 Å². The normalized spacial score (nSPS) is 10.9. The van der Waals surface area contributed by atoms with E-state index >= 15 is 0 Å². The number of hydrogen-bond donors (Lipinski definition) is 1. The number of ether oxygens (including phenoxy) is 1. The van der Waals surface area contributed by atoms with Gasteiger partial charge in [-0.25, -0.2) is 4.79 Å². The van der Waals surface area contributed by atoms with Gasteiger partial charge in [-0.3, -0.25) is 4.90 Å². The monoisotopic (exact) mass is 327 g/mol. The third-order valence-corrected chi connectivity index (χ3v) is 3.90. The van der Waals surface area contributed by atoms with Gasteiger partial charge >= 0.3 is 5.97 Å². The molecule has 0 radical (unpaired) electrons.